The maximum Gasteiger partial charge on any atom is 0.148 e. The van der Waals surface area contributed by atoms with Gasteiger partial charge in [0.15, 0.2) is 0 Å². The Hall–Kier alpha value is -1.10. The van der Waals surface area contributed by atoms with Crippen LogP contribution in [0.1, 0.15) is 25.6 Å². The van der Waals surface area contributed by atoms with Gasteiger partial charge in [0, 0.05) is 5.39 Å². The number of quaternary nitrogens is 1. The highest BCUT2D eigenvalue weighted by atomic mass is 35.5. The topological polar surface area (TPSA) is 31.5 Å². The van der Waals surface area contributed by atoms with Crippen LogP contribution in [0.2, 0.25) is 0 Å². The number of nitrogens with one attached hydrogen (secondary N) is 1. The van der Waals surface area contributed by atoms with E-state index >= 15 is 0 Å². The Morgan fingerprint density at radius 3 is 2.90 bits per heavy atom. The van der Waals surface area contributed by atoms with E-state index in [0.29, 0.717) is 6.04 Å². The fourth-order valence-corrected chi connectivity index (χ4v) is 2.65. The fraction of sp³-hybridized carbons (Fsp3) is 0.533. The summed E-state index contributed by atoms with van der Waals surface area (Å²) in [6.07, 6.45) is 0.156. The van der Waals surface area contributed by atoms with Crippen LogP contribution in [0.25, 0.3) is 10.9 Å². The Bertz CT molecular complexity index is 582. The second-order valence-electron chi connectivity index (χ2n) is 5.69. The van der Waals surface area contributed by atoms with Gasteiger partial charge in [-0.2, -0.15) is 5.10 Å². The van der Waals surface area contributed by atoms with Crippen LogP contribution in [0.4, 0.5) is 0 Å². The van der Waals surface area contributed by atoms with Crippen LogP contribution >= 0.6 is 0 Å². The average Bonchev–Trinajstić information content (AvgIpc) is 2.77. The molecule has 4 nitrogen and oxygen atoms in total. The molecule has 1 aromatic heterocycles. The largest absolute Gasteiger partial charge is 1.00 e. The zero-order valence-electron chi connectivity index (χ0n) is 12.3. The van der Waals surface area contributed by atoms with Gasteiger partial charge < -0.3 is 22.0 Å². The molecule has 0 aliphatic carbocycles. The lowest BCUT2D eigenvalue weighted by atomic mass is 10.1. The summed E-state index contributed by atoms with van der Waals surface area (Å²) in [6, 6.07) is 8.96. The van der Waals surface area contributed by atoms with Gasteiger partial charge in [0.25, 0.3) is 0 Å². The number of benzene rings is 1. The second kappa shape index (κ2) is 6.12. The minimum absolute atomic E-state index is 0. The van der Waals surface area contributed by atoms with Crippen molar-refractivity contribution < 1.29 is 22.0 Å². The van der Waals surface area contributed by atoms with Crippen LogP contribution in [-0.4, -0.2) is 36.0 Å². The molecule has 0 saturated heterocycles. The van der Waals surface area contributed by atoms with Gasteiger partial charge in [0.1, 0.15) is 12.6 Å². The van der Waals surface area contributed by atoms with E-state index in [2.05, 4.69) is 48.9 Å². The summed E-state index contributed by atoms with van der Waals surface area (Å²) in [7, 11) is 2.23. The van der Waals surface area contributed by atoms with Crippen LogP contribution in [0.15, 0.2) is 24.3 Å². The molecule has 5 heteroatoms. The molecule has 2 heterocycles. The molecule has 0 fully saturated rings. The molecule has 1 aromatic carbocycles. The van der Waals surface area contributed by atoms with E-state index in [1.807, 2.05) is 6.07 Å². The first-order valence-corrected chi connectivity index (χ1v) is 7.06. The van der Waals surface area contributed by atoms with Crippen molar-refractivity contribution in [3.8, 4) is 0 Å². The number of halogens is 1. The van der Waals surface area contributed by atoms with E-state index in [-0.39, 0.29) is 18.5 Å². The number of fused-ring (bicyclic) bond motifs is 3. The Kier molecular flexibility index (Phi) is 4.68. The molecule has 3 rings (SSSR count). The third-order valence-electron chi connectivity index (χ3n) is 4.11. The zero-order valence-corrected chi connectivity index (χ0v) is 13.0. The van der Waals surface area contributed by atoms with Crippen molar-refractivity contribution in [1.82, 2.24) is 9.78 Å². The van der Waals surface area contributed by atoms with E-state index in [1.165, 1.54) is 16.0 Å². The Morgan fingerprint density at radius 2 is 2.15 bits per heavy atom. The van der Waals surface area contributed by atoms with Gasteiger partial charge in [0.2, 0.25) is 0 Å². The highest BCUT2D eigenvalue weighted by Crippen LogP contribution is 2.28. The van der Waals surface area contributed by atoms with Gasteiger partial charge in [-0.15, -0.1) is 0 Å². The van der Waals surface area contributed by atoms with Crippen molar-refractivity contribution in [2.45, 2.75) is 32.5 Å². The van der Waals surface area contributed by atoms with Crippen LogP contribution < -0.4 is 17.3 Å². The van der Waals surface area contributed by atoms with Crippen LogP contribution in [0.5, 0.6) is 0 Å². The van der Waals surface area contributed by atoms with Gasteiger partial charge in [-0.25, -0.2) is 0 Å². The number of nitrogens with zero attached hydrogens (tertiary/aromatic N) is 2. The third kappa shape index (κ3) is 2.68. The molecule has 0 radical (unpaired) electrons. The fourth-order valence-electron chi connectivity index (χ4n) is 2.65. The lowest BCUT2D eigenvalue weighted by molar-refractivity contribution is -0.905. The van der Waals surface area contributed by atoms with Crippen molar-refractivity contribution >= 4 is 10.9 Å². The lowest BCUT2D eigenvalue weighted by Gasteiger charge is -2.28. The molecule has 2 unspecified atom stereocenters. The van der Waals surface area contributed by atoms with Gasteiger partial charge in [-0.3, -0.25) is 4.68 Å². The number of hydrogen-bond acceptors (Lipinski definition) is 2. The molecule has 0 bridgehead atoms. The summed E-state index contributed by atoms with van der Waals surface area (Å²) < 4.78 is 8.14. The Morgan fingerprint density at radius 1 is 1.40 bits per heavy atom. The highest BCUT2D eigenvalue weighted by Gasteiger charge is 2.28. The predicted molar refractivity (Wildman–Crippen MR) is 75.3 cm³/mol. The maximum absolute atomic E-state index is 6.01. The third-order valence-corrected chi connectivity index (χ3v) is 4.11. The van der Waals surface area contributed by atoms with E-state index in [4.69, 9.17) is 4.74 Å². The maximum atomic E-state index is 6.01. The molecule has 0 saturated carbocycles. The van der Waals surface area contributed by atoms with Gasteiger partial charge in [-0.1, -0.05) is 18.2 Å². The first kappa shape index (κ1) is 15.3. The summed E-state index contributed by atoms with van der Waals surface area (Å²) >= 11 is 0. The summed E-state index contributed by atoms with van der Waals surface area (Å²) in [5, 5.41) is 5.92. The first-order chi connectivity index (χ1) is 9.16. The summed E-state index contributed by atoms with van der Waals surface area (Å²) in [6.45, 7) is 7.10. The Labute approximate surface area is 126 Å². The predicted octanol–water partition coefficient (Wildman–Crippen LogP) is -1.97. The average molecular weight is 296 g/mol. The van der Waals surface area contributed by atoms with E-state index < -0.39 is 0 Å². The molecule has 2 atom stereocenters. The summed E-state index contributed by atoms with van der Waals surface area (Å²) in [4.78, 5) is 1.49. The molecule has 20 heavy (non-hydrogen) atoms. The van der Waals surface area contributed by atoms with Gasteiger partial charge in [-0.05, 0) is 19.9 Å². The standard InChI is InChI=1S/C15H21N3O.ClH/c1-11(2)17(3)10-14-15-12-6-4-5-7-13(12)16-18(15)8-9-19-14;/h4-7,11,14H,8-10H2,1-3H3;1H. The molecule has 1 aliphatic heterocycles. The number of ether oxygens (including phenoxy) is 1. The van der Waals surface area contributed by atoms with Gasteiger partial charge >= 0.3 is 0 Å². The van der Waals surface area contributed by atoms with Crippen molar-refractivity contribution in [3.63, 3.8) is 0 Å². The van der Waals surface area contributed by atoms with Crippen molar-refractivity contribution in [2.75, 3.05) is 20.2 Å². The van der Waals surface area contributed by atoms with Crippen LogP contribution in [0, 0.1) is 0 Å². The van der Waals surface area contributed by atoms with E-state index in [1.54, 1.807) is 0 Å². The quantitative estimate of drug-likeness (QED) is 0.713. The van der Waals surface area contributed by atoms with Crippen molar-refractivity contribution in [1.29, 1.82) is 0 Å². The van der Waals surface area contributed by atoms with E-state index in [9.17, 15) is 0 Å². The lowest BCUT2D eigenvalue weighted by Crippen LogP contribution is -3.12. The minimum Gasteiger partial charge on any atom is -1.00 e. The minimum atomic E-state index is 0. The number of hydrogen-bond donors (Lipinski definition) is 1. The normalized spacial score (nSPS) is 19.7. The first-order valence-electron chi connectivity index (χ1n) is 7.06. The van der Waals surface area contributed by atoms with Crippen molar-refractivity contribution in [2.24, 2.45) is 0 Å². The smallest absolute Gasteiger partial charge is 0.148 e. The molecule has 1 aliphatic rings. The summed E-state index contributed by atoms with van der Waals surface area (Å²) in [5.41, 5.74) is 2.33. The number of aromatic nitrogens is 2. The molecule has 2 aromatic rings. The molecule has 110 valence electrons. The number of rotatable bonds is 3. The molecular formula is C15H22ClN3O. The van der Waals surface area contributed by atoms with Crippen LogP contribution in [-0.2, 0) is 11.3 Å². The monoisotopic (exact) mass is 295 g/mol. The number of likely N-dealkylation sites (N-methyl/N-ethyl adjacent to an activating group) is 1. The van der Waals surface area contributed by atoms with Crippen LogP contribution in [0.3, 0.4) is 0 Å². The molecule has 0 spiro atoms. The summed E-state index contributed by atoms with van der Waals surface area (Å²) in [5.74, 6) is 0. The Balaban J connectivity index is 0.00000147. The molecule has 1 N–H and O–H groups in total. The molecular weight excluding hydrogens is 274 g/mol. The van der Waals surface area contributed by atoms with Gasteiger partial charge in [0.05, 0.1) is 37.5 Å². The molecule has 0 amide bonds. The van der Waals surface area contributed by atoms with E-state index in [0.717, 1.165) is 25.2 Å². The SMILES string of the molecule is CC(C)[NH+](C)CC1OCCn2nc3ccccc3c21.[Cl-]. The zero-order chi connectivity index (χ0) is 13.4. The highest BCUT2D eigenvalue weighted by molar-refractivity contribution is 5.81. The second-order valence-corrected chi connectivity index (χ2v) is 5.69. The van der Waals surface area contributed by atoms with Crippen molar-refractivity contribution in [3.05, 3.63) is 30.0 Å².